The minimum atomic E-state index is -0.468. The molecule has 4 rings (SSSR count). The normalized spacial score (nSPS) is 10.9. The lowest BCUT2D eigenvalue weighted by molar-refractivity contribution is 0.413. The van der Waals surface area contributed by atoms with E-state index in [4.69, 9.17) is 16.3 Å². The van der Waals surface area contributed by atoms with Gasteiger partial charge in [-0.3, -0.25) is 4.98 Å². The molecule has 26 heavy (non-hydrogen) atoms. The van der Waals surface area contributed by atoms with Crippen LogP contribution in [-0.4, -0.2) is 26.7 Å². The number of ether oxygens (including phenoxy) is 1. The van der Waals surface area contributed by atoms with Gasteiger partial charge in [0.25, 0.3) is 0 Å². The van der Waals surface area contributed by atoms with Crippen molar-refractivity contribution in [3.8, 4) is 16.9 Å². The molecule has 0 radical (unpaired) electrons. The zero-order chi connectivity index (χ0) is 18.1. The summed E-state index contributed by atoms with van der Waals surface area (Å²) in [4.78, 5) is 8.77. The number of halogens is 2. The number of hydrogen-bond acceptors (Lipinski definition) is 5. The van der Waals surface area contributed by atoms with E-state index in [-0.39, 0.29) is 5.02 Å². The van der Waals surface area contributed by atoms with Crippen molar-refractivity contribution in [3.05, 3.63) is 66.0 Å². The summed E-state index contributed by atoms with van der Waals surface area (Å²) in [7, 11) is 1.59. The molecule has 1 aromatic carbocycles. The van der Waals surface area contributed by atoms with Crippen molar-refractivity contribution < 1.29 is 9.13 Å². The van der Waals surface area contributed by atoms with Crippen molar-refractivity contribution in [1.29, 1.82) is 0 Å². The van der Waals surface area contributed by atoms with Gasteiger partial charge in [-0.15, -0.1) is 0 Å². The van der Waals surface area contributed by atoms with Crippen molar-refractivity contribution >= 4 is 28.8 Å². The molecule has 0 aliphatic carbocycles. The number of aromatic nitrogens is 4. The molecule has 0 spiro atoms. The van der Waals surface area contributed by atoms with E-state index < -0.39 is 5.82 Å². The summed E-state index contributed by atoms with van der Waals surface area (Å²) in [5, 5.41) is 7.47. The summed E-state index contributed by atoms with van der Waals surface area (Å²) in [6, 6.07) is 8.04. The highest BCUT2D eigenvalue weighted by Crippen LogP contribution is 2.27. The van der Waals surface area contributed by atoms with Gasteiger partial charge < -0.3 is 10.1 Å². The van der Waals surface area contributed by atoms with E-state index in [1.807, 2.05) is 6.07 Å². The molecule has 0 atom stereocenters. The molecule has 8 heteroatoms. The van der Waals surface area contributed by atoms with Crippen LogP contribution in [0.25, 0.3) is 16.8 Å². The van der Waals surface area contributed by atoms with E-state index in [1.165, 1.54) is 12.1 Å². The fourth-order valence-electron chi connectivity index (χ4n) is 2.54. The van der Waals surface area contributed by atoms with Crippen LogP contribution in [0.3, 0.4) is 0 Å². The standard InChI is InChI=1S/C18H13ClFN5O/c1-26-13-6-11(8-21-9-13)14-10-22-25-5-4-17(24-18(14)25)23-12-2-3-16(20)15(19)7-12/h2-10H,1H3,(H,23,24). The number of rotatable bonds is 4. The number of fused-ring (bicyclic) bond motifs is 1. The molecule has 4 aromatic rings. The number of hydrogen-bond donors (Lipinski definition) is 1. The van der Waals surface area contributed by atoms with Crippen molar-refractivity contribution in [2.75, 3.05) is 12.4 Å². The molecular formula is C18H13ClFN5O. The van der Waals surface area contributed by atoms with Crippen LogP contribution in [0.5, 0.6) is 5.75 Å². The van der Waals surface area contributed by atoms with E-state index in [2.05, 4.69) is 20.4 Å². The Labute approximate surface area is 153 Å². The Bertz CT molecular complexity index is 1100. The number of nitrogens with one attached hydrogen (secondary N) is 1. The molecule has 0 saturated heterocycles. The van der Waals surface area contributed by atoms with Crippen LogP contribution < -0.4 is 10.1 Å². The first-order valence-corrected chi connectivity index (χ1v) is 8.08. The summed E-state index contributed by atoms with van der Waals surface area (Å²) in [6.07, 6.45) is 6.86. The van der Waals surface area contributed by atoms with Gasteiger partial charge in [0.05, 0.1) is 24.5 Å². The summed E-state index contributed by atoms with van der Waals surface area (Å²) in [6.45, 7) is 0. The Morgan fingerprint density at radius 1 is 1.15 bits per heavy atom. The molecule has 0 unspecified atom stereocenters. The van der Waals surface area contributed by atoms with Gasteiger partial charge in [0.1, 0.15) is 17.4 Å². The van der Waals surface area contributed by atoms with Crippen LogP contribution in [0.1, 0.15) is 0 Å². The maximum Gasteiger partial charge on any atom is 0.165 e. The summed E-state index contributed by atoms with van der Waals surface area (Å²) in [5.74, 6) is 0.763. The highest BCUT2D eigenvalue weighted by molar-refractivity contribution is 6.31. The predicted octanol–water partition coefficient (Wildman–Crippen LogP) is 4.34. The largest absolute Gasteiger partial charge is 0.495 e. The Hall–Kier alpha value is -3.19. The Morgan fingerprint density at radius 2 is 2.04 bits per heavy atom. The second kappa shape index (κ2) is 6.61. The lowest BCUT2D eigenvalue weighted by Crippen LogP contribution is -1.97. The highest BCUT2D eigenvalue weighted by atomic mass is 35.5. The van der Waals surface area contributed by atoms with E-state index in [9.17, 15) is 4.39 Å². The van der Waals surface area contributed by atoms with Crippen molar-refractivity contribution in [3.63, 3.8) is 0 Å². The molecule has 0 amide bonds. The van der Waals surface area contributed by atoms with Crippen LogP contribution in [0.15, 0.2) is 55.1 Å². The number of anilines is 2. The number of methoxy groups -OCH3 is 1. The van der Waals surface area contributed by atoms with Gasteiger partial charge in [0.2, 0.25) is 0 Å². The molecule has 3 heterocycles. The van der Waals surface area contributed by atoms with Crippen LogP contribution in [0, 0.1) is 5.82 Å². The molecule has 0 fully saturated rings. The van der Waals surface area contributed by atoms with Crippen molar-refractivity contribution in [2.45, 2.75) is 0 Å². The maximum absolute atomic E-state index is 13.3. The maximum atomic E-state index is 13.3. The summed E-state index contributed by atoms with van der Waals surface area (Å²) >= 11 is 5.82. The van der Waals surface area contributed by atoms with Crippen molar-refractivity contribution in [1.82, 2.24) is 19.6 Å². The van der Waals surface area contributed by atoms with E-state index in [0.717, 1.165) is 11.1 Å². The van der Waals surface area contributed by atoms with Gasteiger partial charge in [0, 0.05) is 29.2 Å². The molecule has 0 saturated carbocycles. The minimum absolute atomic E-state index is 0.0450. The second-order valence-electron chi connectivity index (χ2n) is 5.51. The smallest absolute Gasteiger partial charge is 0.165 e. The third-order valence-corrected chi connectivity index (χ3v) is 4.11. The first kappa shape index (κ1) is 16.3. The average Bonchev–Trinajstić information content (AvgIpc) is 3.08. The topological polar surface area (TPSA) is 64.3 Å². The lowest BCUT2D eigenvalue weighted by atomic mass is 10.1. The fourth-order valence-corrected chi connectivity index (χ4v) is 2.72. The molecule has 0 bridgehead atoms. The number of benzene rings is 1. The van der Waals surface area contributed by atoms with E-state index >= 15 is 0 Å². The number of nitrogens with zero attached hydrogens (tertiary/aromatic N) is 4. The van der Waals surface area contributed by atoms with Gasteiger partial charge >= 0.3 is 0 Å². The van der Waals surface area contributed by atoms with Crippen molar-refractivity contribution in [2.24, 2.45) is 0 Å². The van der Waals surface area contributed by atoms with Gasteiger partial charge in [-0.2, -0.15) is 5.10 Å². The minimum Gasteiger partial charge on any atom is -0.495 e. The Balaban J connectivity index is 1.73. The van der Waals surface area contributed by atoms with Gasteiger partial charge in [0.15, 0.2) is 5.65 Å². The van der Waals surface area contributed by atoms with Gasteiger partial charge in [-0.1, -0.05) is 11.6 Å². The average molecular weight is 370 g/mol. The highest BCUT2D eigenvalue weighted by Gasteiger charge is 2.11. The Morgan fingerprint density at radius 3 is 2.85 bits per heavy atom. The molecule has 6 nitrogen and oxygen atoms in total. The molecular weight excluding hydrogens is 357 g/mol. The van der Waals surface area contributed by atoms with Crippen LogP contribution in [0.4, 0.5) is 15.9 Å². The molecule has 0 aliphatic heterocycles. The number of pyridine rings is 1. The lowest BCUT2D eigenvalue weighted by Gasteiger charge is -2.07. The zero-order valence-electron chi connectivity index (χ0n) is 13.6. The molecule has 0 aliphatic rings. The van der Waals surface area contributed by atoms with Crippen LogP contribution >= 0.6 is 11.6 Å². The third kappa shape index (κ3) is 3.04. The monoisotopic (exact) mass is 369 g/mol. The van der Waals surface area contributed by atoms with E-state index in [1.54, 1.807) is 48.5 Å². The van der Waals surface area contributed by atoms with E-state index in [0.29, 0.717) is 22.9 Å². The third-order valence-electron chi connectivity index (χ3n) is 3.82. The second-order valence-corrected chi connectivity index (χ2v) is 5.91. The molecule has 130 valence electrons. The quantitative estimate of drug-likeness (QED) is 0.580. The Kier molecular flexibility index (Phi) is 4.14. The first-order valence-electron chi connectivity index (χ1n) is 7.70. The van der Waals surface area contributed by atoms with Gasteiger partial charge in [-0.25, -0.2) is 13.9 Å². The zero-order valence-corrected chi connectivity index (χ0v) is 14.4. The predicted molar refractivity (Wildman–Crippen MR) is 97.5 cm³/mol. The van der Waals surface area contributed by atoms with Crippen LogP contribution in [-0.2, 0) is 0 Å². The van der Waals surface area contributed by atoms with Crippen LogP contribution in [0.2, 0.25) is 5.02 Å². The fraction of sp³-hybridized carbons (Fsp3) is 0.0556. The summed E-state index contributed by atoms with van der Waals surface area (Å²) in [5.41, 5.74) is 2.95. The van der Waals surface area contributed by atoms with Gasteiger partial charge in [-0.05, 0) is 30.3 Å². The molecule has 1 N–H and O–H groups in total. The summed E-state index contributed by atoms with van der Waals surface area (Å²) < 4.78 is 20.2. The SMILES string of the molecule is COc1cncc(-c2cnn3ccc(Nc4ccc(F)c(Cl)c4)nc23)c1. The first-order chi connectivity index (χ1) is 12.6. The molecule has 3 aromatic heterocycles.